The standard InChI is InChI=1S/C19H19ClN6O/c1-4-5-6-12-11-9-10(20)7-8-13(11)26(25-12)18-22-15(21)14-16(24-18)23-17(27)19(14,2)3/h4,7-9H,1,5-6H2,2-3H3,(H3,21,22,23,24,27). The lowest BCUT2D eigenvalue weighted by atomic mass is 9.87. The predicted molar refractivity (Wildman–Crippen MR) is 106 cm³/mol. The van der Waals surface area contributed by atoms with E-state index < -0.39 is 5.41 Å². The van der Waals surface area contributed by atoms with Gasteiger partial charge in [-0.25, -0.2) is 0 Å². The molecule has 7 nitrogen and oxygen atoms in total. The third-order valence-corrected chi connectivity index (χ3v) is 5.08. The van der Waals surface area contributed by atoms with E-state index in [-0.39, 0.29) is 11.7 Å². The molecule has 0 fully saturated rings. The number of nitrogens with zero attached hydrogens (tertiary/aromatic N) is 4. The van der Waals surface area contributed by atoms with Crippen molar-refractivity contribution in [3.63, 3.8) is 0 Å². The molecule has 8 heteroatoms. The third-order valence-electron chi connectivity index (χ3n) is 4.84. The molecule has 0 bridgehead atoms. The van der Waals surface area contributed by atoms with Crippen LogP contribution in [0.15, 0.2) is 30.9 Å². The molecule has 27 heavy (non-hydrogen) atoms. The number of aryl methyl sites for hydroxylation is 1. The molecule has 0 aliphatic carbocycles. The van der Waals surface area contributed by atoms with Crippen molar-refractivity contribution in [3.05, 3.63) is 47.1 Å². The highest BCUT2D eigenvalue weighted by Crippen LogP contribution is 2.39. The van der Waals surface area contributed by atoms with Crippen LogP contribution in [0.1, 0.15) is 31.5 Å². The molecule has 3 N–H and O–H groups in total. The minimum atomic E-state index is -0.771. The van der Waals surface area contributed by atoms with E-state index in [9.17, 15) is 4.79 Å². The second kappa shape index (κ2) is 6.06. The van der Waals surface area contributed by atoms with E-state index >= 15 is 0 Å². The van der Waals surface area contributed by atoms with Crippen LogP contribution in [0.4, 0.5) is 11.6 Å². The first-order valence-corrected chi connectivity index (χ1v) is 8.98. The number of benzene rings is 1. The van der Waals surface area contributed by atoms with Gasteiger partial charge in [-0.1, -0.05) is 17.7 Å². The number of carbonyl (C=O) groups is 1. The fourth-order valence-corrected chi connectivity index (χ4v) is 3.55. The Morgan fingerprint density at radius 1 is 1.37 bits per heavy atom. The molecule has 2 aromatic heterocycles. The second-order valence-electron chi connectivity index (χ2n) is 7.06. The number of aromatic nitrogens is 4. The zero-order valence-electron chi connectivity index (χ0n) is 15.1. The van der Waals surface area contributed by atoms with Crippen LogP contribution in [0.2, 0.25) is 5.02 Å². The van der Waals surface area contributed by atoms with Gasteiger partial charge in [0.1, 0.15) is 11.6 Å². The summed E-state index contributed by atoms with van der Waals surface area (Å²) in [6.45, 7) is 7.36. The maximum Gasteiger partial charge on any atom is 0.255 e. The van der Waals surface area contributed by atoms with Crippen LogP contribution >= 0.6 is 11.6 Å². The number of fused-ring (bicyclic) bond motifs is 2. The van der Waals surface area contributed by atoms with Gasteiger partial charge < -0.3 is 11.1 Å². The van der Waals surface area contributed by atoms with Crippen LogP contribution in [0, 0.1) is 0 Å². The normalized spacial score (nSPS) is 15.0. The lowest BCUT2D eigenvalue weighted by Crippen LogP contribution is -2.27. The van der Waals surface area contributed by atoms with Crippen molar-refractivity contribution in [1.82, 2.24) is 19.7 Å². The van der Waals surface area contributed by atoms with Crippen molar-refractivity contribution in [1.29, 1.82) is 0 Å². The van der Waals surface area contributed by atoms with E-state index in [0.717, 1.165) is 29.4 Å². The topological polar surface area (TPSA) is 98.7 Å². The van der Waals surface area contributed by atoms with Gasteiger partial charge >= 0.3 is 0 Å². The molecule has 0 atom stereocenters. The molecule has 3 aromatic rings. The Bertz CT molecular complexity index is 1100. The van der Waals surface area contributed by atoms with Crippen molar-refractivity contribution in [3.8, 4) is 5.95 Å². The largest absolute Gasteiger partial charge is 0.383 e. The minimum absolute atomic E-state index is 0.153. The van der Waals surface area contributed by atoms with Gasteiger partial charge in [-0.15, -0.1) is 6.58 Å². The molecule has 0 saturated carbocycles. The molecule has 1 aliphatic heterocycles. The van der Waals surface area contributed by atoms with Crippen LogP contribution in [0.25, 0.3) is 16.9 Å². The van der Waals surface area contributed by atoms with Gasteiger partial charge in [0.05, 0.1) is 22.2 Å². The van der Waals surface area contributed by atoms with E-state index in [4.69, 9.17) is 17.3 Å². The summed E-state index contributed by atoms with van der Waals surface area (Å²) >= 11 is 6.17. The van der Waals surface area contributed by atoms with E-state index in [2.05, 4.69) is 27.0 Å². The number of halogens is 1. The maximum absolute atomic E-state index is 12.2. The molecule has 3 heterocycles. The van der Waals surface area contributed by atoms with E-state index in [1.807, 2.05) is 18.2 Å². The predicted octanol–water partition coefficient (Wildman–Crippen LogP) is 3.40. The van der Waals surface area contributed by atoms with Crippen molar-refractivity contribution in [2.24, 2.45) is 0 Å². The number of amides is 1. The number of nitrogens with two attached hydrogens (primary N) is 1. The summed E-state index contributed by atoms with van der Waals surface area (Å²) in [6.07, 6.45) is 3.35. The van der Waals surface area contributed by atoms with E-state index in [1.54, 1.807) is 24.6 Å². The molecule has 1 aromatic carbocycles. The summed E-state index contributed by atoms with van der Waals surface area (Å²) < 4.78 is 1.64. The molecule has 138 valence electrons. The SMILES string of the molecule is C=CCCc1nn(-c2nc(N)c3c(n2)NC(=O)C3(C)C)c2ccc(Cl)cc12. The second-order valence-corrected chi connectivity index (χ2v) is 7.50. The molecular weight excluding hydrogens is 364 g/mol. The number of nitrogens with one attached hydrogen (secondary N) is 1. The Morgan fingerprint density at radius 3 is 2.89 bits per heavy atom. The van der Waals surface area contributed by atoms with Gasteiger partial charge in [0.15, 0.2) is 0 Å². The molecule has 0 radical (unpaired) electrons. The lowest BCUT2D eigenvalue weighted by molar-refractivity contribution is -0.119. The number of anilines is 2. The number of nitrogen functional groups attached to an aromatic ring is 1. The average Bonchev–Trinajstić information content (AvgIpc) is 3.07. The van der Waals surface area contributed by atoms with Crippen molar-refractivity contribution in [2.45, 2.75) is 32.1 Å². The molecular formula is C19H19ClN6O. The van der Waals surface area contributed by atoms with Crippen molar-refractivity contribution in [2.75, 3.05) is 11.1 Å². The van der Waals surface area contributed by atoms with Crippen LogP contribution < -0.4 is 11.1 Å². The number of hydrogen-bond donors (Lipinski definition) is 2. The van der Waals surface area contributed by atoms with Gasteiger partial charge in [0, 0.05) is 10.4 Å². The zero-order valence-corrected chi connectivity index (χ0v) is 15.8. The quantitative estimate of drug-likeness (QED) is 0.674. The Hall–Kier alpha value is -2.93. The van der Waals surface area contributed by atoms with Crippen molar-refractivity contribution < 1.29 is 4.79 Å². The van der Waals surface area contributed by atoms with Gasteiger partial charge in [-0.3, -0.25) is 4.79 Å². The first-order chi connectivity index (χ1) is 12.8. The number of rotatable bonds is 4. The van der Waals surface area contributed by atoms with Gasteiger partial charge in [-0.2, -0.15) is 19.7 Å². The van der Waals surface area contributed by atoms with E-state index in [1.165, 1.54) is 0 Å². The summed E-state index contributed by atoms with van der Waals surface area (Å²) in [5.41, 5.74) is 7.72. The van der Waals surface area contributed by atoms with Crippen LogP contribution in [0.3, 0.4) is 0 Å². The fourth-order valence-electron chi connectivity index (χ4n) is 3.37. The first-order valence-electron chi connectivity index (χ1n) is 8.61. The first kappa shape index (κ1) is 17.5. The van der Waals surface area contributed by atoms with E-state index in [0.29, 0.717) is 22.4 Å². The van der Waals surface area contributed by atoms with Crippen LogP contribution in [-0.2, 0) is 16.6 Å². The summed E-state index contributed by atoms with van der Waals surface area (Å²) in [4.78, 5) is 21.2. The monoisotopic (exact) mass is 382 g/mol. The highest BCUT2D eigenvalue weighted by atomic mass is 35.5. The molecule has 0 unspecified atom stereocenters. The molecule has 4 rings (SSSR count). The number of hydrogen-bond acceptors (Lipinski definition) is 5. The van der Waals surface area contributed by atoms with Gasteiger partial charge in [0.25, 0.3) is 5.95 Å². The zero-order chi connectivity index (χ0) is 19.3. The molecule has 1 amide bonds. The number of allylic oxidation sites excluding steroid dienone is 1. The maximum atomic E-state index is 12.2. The number of carbonyl (C=O) groups excluding carboxylic acids is 1. The van der Waals surface area contributed by atoms with Crippen LogP contribution in [0.5, 0.6) is 0 Å². The summed E-state index contributed by atoms with van der Waals surface area (Å²) in [7, 11) is 0. The molecule has 1 aliphatic rings. The smallest absolute Gasteiger partial charge is 0.255 e. The Labute approximate surface area is 161 Å². The average molecular weight is 383 g/mol. The summed E-state index contributed by atoms with van der Waals surface area (Å²) in [6, 6.07) is 5.54. The van der Waals surface area contributed by atoms with Crippen LogP contribution in [-0.4, -0.2) is 25.7 Å². The minimum Gasteiger partial charge on any atom is -0.383 e. The van der Waals surface area contributed by atoms with Gasteiger partial charge in [-0.05, 0) is 44.9 Å². The highest BCUT2D eigenvalue weighted by molar-refractivity contribution is 6.31. The lowest BCUT2D eigenvalue weighted by Gasteiger charge is -2.16. The Kier molecular flexibility index (Phi) is 3.92. The molecule has 0 saturated heterocycles. The van der Waals surface area contributed by atoms with Crippen molar-refractivity contribution >= 4 is 40.0 Å². The fraction of sp³-hybridized carbons (Fsp3) is 0.263. The Balaban J connectivity index is 1.91. The third kappa shape index (κ3) is 2.66. The summed E-state index contributed by atoms with van der Waals surface area (Å²) in [5, 5.41) is 9.03. The van der Waals surface area contributed by atoms with Gasteiger partial charge in [0.2, 0.25) is 5.91 Å². The Morgan fingerprint density at radius 2 is 2.15 bits per heavy atom. The highest BCUT2D eigenvalue weighted by Gasteiger charge is 2.42. The summed E-state index contributed by atoms with van der Waals surface area (Å²) in [5.74, 6) is 0.849. The molecule has 0 spiro atoms.